The average molecular weight is 452 g/mol. The van der Waals surface area contributed by atoms with E-state index >= 15 is 0 Å². The minimum atomic E-state index is -1.00. The molecule has 2 amide bonds. The van der Waals surface area contributed by atoms with Gasteiger partial charge < -0.3 is 19.2 Å². The largest absolute Gasteiger partial charge is 0.463 e. The molecule has 1 saturated carbocycles. The average Bonchev–Trinajstić information content (AvgIpc) is 3.54. The monoisotopic (exact) mass is 451 g/mol. The van der Waals surface area contributed by atoms with E-state index in [2.05, 4.69) is 12.2 Å². The van der Waals surface area contributed by atoms with Crippen LogP contribution in [0.5, 0.6) is 0 Å². The molecule has 4 heterocycles. The molecule has 32 heavy (non-hydrogen) atoms. The molecule has 1 aliphatic heterocycles. The fourth-order valence-electron chi connectivity index (χ4n) is 4.96. The van der Waals surface area contributed by atoms with Crippen molar-refractivity contribution in [2.24, 2.45) is 5.92 Å². The lowest BCUT2D eigenvalue weighted by atomic mass is 9.86. The van der Waals surface area contributed by atoms with Crippen LogP contribution in [0.1, 0.15) is 54.9 Å². The molecule has 0 bridgehead atoms. The molecule has 0 aromatic carbocycles. The number of furan rings is 1. The second-order valence-corrected chi connectivity index (χ2v) is 10.4. The number of fused-ring (bicyclic) bond motifs is 1. The summed E-state index contributed by atoms with van der Waals surface area (Å²) in [5.41, 5.74) is 0.404. The standard InChI is InChI=1S/C25H29N3O3S/c1-17-7-9-18(10-8-17)26-24(30)25(2)16-27-20(22-6-3-13-31-22)11-12-21(27)23(29)28(25)15-19-5-4-14-32-19/h3-6,11-14,17-18H,7-10,15-16H2,1-2H3,(H,26,30)/t17?,18?,25-/m0/s1. The zero-order valence-electron chi connectivity index (χ0n) is 18.5. The number of hydrogen-bond donors (Lipinski definition) is 1. The second kappa shape index (κ2) is 8.28. The van der Waals surface area contributed by atoms with Crippen molar-refractivity contribution in [2.45, 2.75) is 64.2 Å². The fraction of sp³-hybridized carbons (Fsp3) is 0.440. The minimum Gasteiger partial charge on any atom is -0.463 e. The Bertz CT molecular complexity index is 1090. The Hall–Kier alpha value is -2.80. The smallest absolute Gasteiger partial charge is 0.271 e. The molecule has 1 fully saturated rings. The van der Waals surface area contributed by atoms with E-state index in [4.69, 9.17) is 4.42 Å². The maximum atomic E-state index is 13.7. The molecule has 5 rings (SSSR count). The van der Waals surface area contributed by atoms with E-state index in [0.29, 0.717) is 30.5 Å². The predicted molar refractivity (Wildman–Crippen MR) is 124 cm³/mol. The molecule has 1 N–H and O–H groups in total. The van der Waals surface area contributed by atoms with Crippen molar-refractivity contribution in [2.75, 3.05) is 0 Å². The van der Waals surface area contributed by atoms with E-state index in [1.165, 1.54) is 0 Å². The summed E-state index contributed by atoms with van der Waals surface area (Å²) in [6.45, 7) is 4.97. The third-order valence-corrected chi connectivity index (χ3v) is 7.88. The van der Waals surface area contributed by atoms with Crippen molar-refractivity contribution in [1.29, 1.82) is 0 Å². The van der Waals surface area contributed by atoms with Gasteiger partial charge in [-0.3, -0.25) is 9.59 Å². The Labute approximate surface area is 192 Å². The van der Waals surface area contributed by atoms with Crippen LogP contribution in [0, 0.1) is 5.92 Å². The Morgan fingerprint density at radius 2 is 1.94 bits per heavy atom. The van der Waals surface area contributed by atoms with E-state index < -0.39 is 5.54 Å². The predicted octanol–water partition coefficient (Wildman–Crippen LogP) is 4.92. The van der Waals surface area contributed by atoms with Gasteiger partial charge in [0.2, 0.25) is 5.91 Å². The molecular weight excluding hydrogens is 422 g/mol. The third kappa shape index (κ3) is 3.68. The molecule has 6 nitrogen and oxygen atoms in total. The molecule has 0 unspecified atom stereocenters. The first-order valence-corrected chi connectivity index (χ1v) is 12.2. The maximum absolute atomic E-state index is 13.7. The Balaban J connectivity index is 1.50. The van der Waals surface area contributed by atoms with Crippen molar-refractivity contribution in [3.05, 3.63) is 58.6 Å². The first kappa shape index (κ1) is 21.1. The molecule has 1 aliphatic carbocycles. The van der Waals surface area contributed by atoms with Gasteiger partial charge in [0.15, 0.2) is 0 Å². The first-order chi connectivity index (χ1) is 15.5. The summed E-state index contributed by atoms with van der Waals surface area (Å²) < 4.78 is 7.55. The van der Waals surface area contributed by atoms with Crippen LogP contribution < -0.4 is 5.32 Å². The Morgan fingerprint density at radius 3 is 2.62 bits per heavy atom. The van der Waals surface area contributed by atoms with Crippen LogP contribution in [0.2, 0.25) is 0 Å². The SMILES string of the molecule is CC1CCC(NC(=O)[C@]2(C)Cn3c(ccc3-c3ccco3)C(=O)N2Cc2cccs2)CC1. The van der Waals surface area contributed by atoms with Crippen LogP contribution >= 0.6 is 11.3 Å². The van der Waals surface area contributed by atoms with Crippen LogP contribution in [0.3, 0.4) is 0 Å². The first-order valence-electron chi connectivity index (χ1n) is 11.3. The van der Waals surface area contributed by atoms with Gasteiger partial charge in [-0.05, 0) is 74.2 Å². The topological polar surface area (TPSA) is 67.5 Å². The van der Waals surface area contributed by atoms with E-state index in [0.717, 1.165) is 36.3 Å². The molecule has 1 atom stereocenters. The summed E-state index contributed by atoms with van der Waals surface area (Å²) in [4.78, 5) is 30.2. The number of carbonyl (C=O) groups excluding carboxylic acids is 2. The summed E-state index contributed by atoms with van der Waals surface area (Å²) in [6, 6.07) is 11.6. The maximum Gasteiger partial charge on any atom is 0.271 e. The molecule has 3 aromatic rings. The van der Waals surface area contributed by atoms with Crippen molar-refractivity contribution in [3.63, 3.8) is 0 Å². The number of thiophene rings is 1. The lowest BCUT2D eigenvalue weighted by Gasteiger charge is -2.45. The van der Waals surface area contributed by atoms with Gasteiger partial charge in [0, 0.05) is 10.9 Å². The summed E-state index contributed by atoms with van der Waals surface area (Å²) in [5, 5.41) is 5.29. The van der Waals surface area contributed by atoms with E-state index in [9.17, 15) is 9.59 Å². The highest BCUT2D eigenvalue weighted by atomic mass is 32.1. The molecule has 0 spiro atoms. The fourth-order valence-corrected chi connectivity index (χ4v) is 5.66. The molecule has 0 radical (unpaired) electrons. The number of nitrogens with one attached hydrogen (secondary N) is 1. The number of hydrogen-bond acceptors (Lipinski definition) is 4. The molecule has 7 heteroatoms. The van der Waals surface area contributed by atoms with Gasteiger partial charge in [-0.15, -0.1) is 11.3 Å². The summed E-state index contributed by atoms with van der Waals surface area (Å²) >= 11 is 1.60. The number of rotatable bonds is 5. The van der Waals surface area contributed by atoms with Crippen LogP contribution in [0.4, 0.5) is 0 Å². The highest BCUT2D eigenvalue weighted by Gasteiger charge is 2.48. The van der Waals surface area contributed by atoms with Gasteiger partial charge >= 0.3 is 0 Å². The summed E-state index contributed by atoms with van der Waals surface area (Å²) in [6.07, 6.45) is 5.87. The van der Waals surface area contributed by atoms with Gasteiger partial charge in [0.1, 0.15) is 17.0 Å². The zero-order chi connectivity index (χ0) is 22.3. The quantitative estimate of drug-likeness (QED) is 0.599. The van der Waals surface area contributed by atoms with E-state index in [1.54, 1.807) is 22.5 Å². The molecule has 168 valence electrons. The number of nitrogens with zero attached hydrogens (tertiary/aromatic N) is 2. The second-order valence-electron chi connectivity index (χ2n) is 9.34. The van der Waals surface area contributed by atoms with Gasteiger partial charge in [0.05, 0.1) is 25.0 Å². The molecule has 3 aromatic heterocycles. The lowest BCUT2D eigenvalue weighted by Crippen LogP contribution is -2.64. The van der Waals surface area contributed by atoms with Crippen molar-refractivity contribution in [1.82, 2.24) is 14.8 Å². The highest BCUT2D eigenvalue weighted by molar-refractivity contribution is 7.09. The lowest BCUT2D eigenvalue weighted by molar-refractivity contribution is -0.134. The molecule has 0 saturated heterocycles. The Morgan fingerprint density at radius 1 is 1.16 bits per heavy atom. The van der Waals surface area contributed by atoms with Crippen LogP contribution in [0.25, 0.3) is 11.5 Å². The molecular formula is C25H29N3O3S. The Kier molecular flexibility index (Phi) is 5.45. The van der Waals surface area contributed by atoms with Crippen molar-refractivity contribution in [3.8, 4) is 11.5 Å². The van der Waals surface area contributed by atoms with Gasteiger partial charge in [-0.2, -0.15) is 0 Å². The van der Waals surface area contributed by atoms with Crippen molar-refractivity contribution < 1.29 is 14.0 Å². The number of carbonyl (C=O) groups is 2. The summed E-state index contributed by atoms with van der Waals surface area (Å²) in [5.74, 6) is 1.20. The van der Waals surface area contributed by atoms with E-state index in [1.807, 2.05) is 53.3 Å². The third-order valence-electron chi connectivity index (χ3n) is 7.01. The van der Waals surface area contributed by atoms with Crippen molar-refractivity contribution >= 4 is 23.2 Å². The number of amides is 2. The zero-order valence-corrected chi connectivity index (χ0v) is 19.4. The van der Waals surface area contributed by atoms with Crippen LogP contribution in [-0.2, 0) is 17.9 Å². The molecule has 2 aliphatic rings. The van der Waals surface area contributed by atoms with Gasteiger partial charge in [-0.1, -0.05) is 13.0 Å². The normalized spacial score (nSPS) is 25.6. The summed E-state index contributed by atoms with van der Waals surface area (Å²) in [7, 11) is 0. The van der Waals surface area contributed by atoms with Crippen LogP contribution in [-0.4, -0.2) is 32.9 Å². The van der Waals surface area contributed by atoms with E-state index in [-0.39, 0.29) is 17.9 Å². The van der Waals surface area contributed by atoms with Gasteiger partial charge in [-0.25, -0.2) is 0 Å². The van der Waals surface area contributed by atoms with Crippen LogP contribution in [0.15, 0.2) is 52.5 Å². The highest BCUT2D eigenvalue weighted by Crippen LogP contribution is 2.35. The number of aromatic nitrogens is 1. The minimum absolute atomic E-state index is 0.0771. The van der Waals surface area contributed by atoms with Gasteiger partial charge in [0.25, 0.3) is 5.91 Å².